The van der Waals surface area contributed by atoms with Gasteiger partial charge in [-0.05, 0) is 67.8 Å². The number of imidazole rings is 1. The van der Waals surface area contributed by atoms with Crippen LogP contribution >= 0.6 is 0 Å². The van der Waals surface area contributed by atoms with Crippen molar-refractivity contribution in [3.63, 3.8) is 0 Å². The number of benzene rings is 3. The van der Waals surface area contributed by atoms with Crippen LogP contribution in [0.5, 0.6) is 17.2 Å². The fourth-order valence-corrected chi connectivity index (χ4v) is 6.75. The Morgan fingerprint density at radius 3 is 2.29 bits per heavy atom. The molecule has 1 N–H and O–H groups in total. The molecule has 256 valence electrons. The minimum absolute atomic E-state index is 0.0962. The third-order valence-corrected chi connectivity index (χ3v) is 9.44. The number of carbonyl (C=O) groups excluding carboxylic acids is 1. The van der Waals surface area contributed by atoms with E-state index in [2.05, 4.69) is 68.3 Å². The van der Waals surface area contributed by atoms with Crippen LogP contribution < -0.4 is 19.5 Å². The first-order valence-corrected chi connectivity index (χ1v) is 16.9. The monoisotopic (exact) mass is 662 g/mol. The number of hydrogen-bond donors (Lipinski definition) is 1. The number of pyridine rings is 1. The van der Waals surface area contributed by atoms with E-state index in [0.717, 1.165) is 61.6 Å². The zero-order valence-electron chi connectivity index (χ0n) is 28.8. The number of methoxy groups -OCH3 is 3. The molecule has 0 spiro atoms. The minimum atomic E-state index is -0.0962. The Balaban J connectivity index is 1.08. The fraction of sp³-hybridized carbons (Fsp3) is 0.359. The molecule has 3 heterocycles. The Kier molecular flexibility index (Phi) is 10.9. The van der Waals surface area contributed by atoms with Crippen molar-refractivity contribution in [2.24, 2.45) is 0 Å². The Morgan fingerprint density at radius 2 is 1.61 bits per heavy atom. The average Bonchev–Trinajstić information content (AvgIpc) is 3.49. The van der Waals surface area contributed by atoms with Crippen molar-refractivity contribution in [3.8, 4) is 17.2 Å². The number of fused-ring (bicyclic) bond motifs is 1. The summed E-state index contributed by atoms with van der Waals surface area (Å²) in [6.07, 6.45) is 4.84. The topological polar surface area (TPSA) is 94.0 Å². The summed E-state index contributed by atoms with van der Waals surface area (Å²) in [5, 5.41) is 3.78. The number of hydrogen-bond acceptors (Lipinski definition) is 8. The summed E-state index contributed by atoms with van der Waals surface area (Å²) in [7, 11) is 6.53. The highest BCUT2D eigenvalue weighted by Crippen LogP contribution is 2.38. The van der Waals surface area contributed by atoms with Gasteiger partial charge in [-0.2, -0.15) is 0 Å². The molecule has 5 aromatic rings. The van der Waals surface area contributed by atoms with Crippen LogP contribution in [-0.4, -0.2) is 90.8 Å². The van der Waals surface area contributed by atoms with Gasteiger partial charge in [0.2, 0.25) is 11.7 Å². The number of nitrogens with zero attached hydrogens (tertiary/aromatic N) is 5. The summed E-state index contributed by atoms with van der Waals surface area (Å²) in [6, 6.07) is 28.6. The Hall–Kier alpha value is -5.09. The molecule has 2 aromatic heterocycles. The number of rotatable bonds is 14. The third-order valence-electron chi connectivity index (χ3n) is 9.44. The lowest BCUT2D eigenvalue weighted by molar-refractivity contribution is 0.0781. The van der Waals surface area contributed by atoms with Crippen molar-refractivity contribution in [1.29, 1.82) is 0 Å². The number of likely N-dealkylation sites (N-methyl/N-ethyl adjacent to an activating group) is 1. The maximum absolute atomic E-state index is 13.7. The number of nitrogens with one attached hydrogen (secondary N) is 1. The maximum Gasteiger partial charge on any atom is 0.253 e. The van der Waals surface area contributed by atoms with Gasteiger partial charge in [-0.1, -0.05) is 48.5 Å². The van der Waals surface area contributed by atoms with Crippen molar-refractivity contribution in [2.45, 2.75) is 37.8 Å². The quantitative estimate of drug-likeness (QED) is 0.148. The van der Waals surface area contributed by atoms with Gasteiger partial charge in [-0.15, -0.1) is 0 Å². The predicted molar refractivity (Wildman–Crippen MR) is 193 cm³/mol. The van der Waals surface area contributed by atoms with Crippen molar-refractivity contribution >= 4 is 22.9 Å². The first-order chi connectivity index (χ1) is 24.0. The largest absolute Gasteiger partial charge is 0.493 e. The highest BCUT2D eigenvalue weighted by Gasteiger charge is 2.25. The van der Waals surface area contributed by atoms with Gasteiger partial charge in [-0.25, -0.2) is 4.98 Å². The normalized spacial score (nSPS) is 14.4. The number of piperidine rings is 1. The molecule has 10 nitrogen and oxygen atoms in total. The zero-order chi connectivity index (χ0) is 34.2. The number of anilines is 1. The molecule has 1 atom stereocenters. The van der Waals surface area contributed by atoms with Crippen LogP contribution in [0.15, 0.2) is 91.1 Å². The van der Waals surface area contributed by atoms with Gasteiger partial charge < -0.3 is 33.9 Å². The van der Waals surface area contributed by atoms with Crippen LogP contribution in [0.1, 0.15) is 46.8 Å². The van der Waals surface area contributed by atoms with Gasteiger partial charge in [0, 0.05) is 50.4 Å². The van der Waals surface area contributed by atoms with E-state index in [1.165, 1.54) is 5.56 Å². The summed E-state index contributed by atoms with van der Waals surface area (Å²) < 4.78 is 18.7. The van der Waals surface area contributed by atoms with Crippen molar-refractivity contribution in [1.82, 2.24) is 24.3 Å². The van der Waals surface area contributed by atoms with Gasteiger partial charge in [0.1, 0.15) is 0 Å². The van der Waals surface area contributed by atoms with Crippen LogP contribution in [0.2, 0.25) is 0 Å². The second-order valence-corrected chi connectivity index (χ2v) is 12.6. The van der Waals surface area contributed by atoms with Gasteiger partial charge in [0.15, 0.2) is 11.5 Å². The van der Waals surface area contributed by atoms with Crippen molar-refractivity contribution in [2.75, 3.05) is 59.9 Å². The molecule has 0 bridgehead atoms. The molecule has 1 saturated heterocycles. The lowest BCUT2D eigenvalue weighted by atomic mass is 9.94. The SMILES string of the molecule is COc1cc(C(=O)N(C)CC(CCN2CCC(Nc3nc4ccccc4n3Cc3ccccn3)CC2)c2ccccc2)cc(OC)c1OC. The number of ether oxygens (including phenoxy) is 3. The van der Waals surface area contributed by atoms with E-state index < -0.39 is 0 Å². The molecule has 6 rings (SSSR count). The van der Waals surface area contributed by atoms with Crippen LogP contribution in [-0.2, 0) is 6.54 Å². The molecule has 1 unspecified atom stereocenters. The Bertz CT molecular complexity index is 1800. The van der Waals surface area contributed by atoms with E-state index in [0.29, 0.717) is 41.9 Å². The maximum atomic E-state index is 13.7. The van der Waals surface area contributed by atoms with Crippen molar-refractivity contribution < 1.29 is 19.0 Å². The number of carbonyl (C=O) groups is 1. The molecular formula is C39H46N6O4. The molecule has 0 radical (unpaired) electrons. The fourth-order valence-electron chi connectivity index (χ4n) is 6.75. The third kappa shape index (κ3) is 7.97. The lowest BCUT2D eigenvalue weighted by Crippen LogP contribution is -2.40. The molecular weight excluding hydrogens is 616 g/mol. The highest BCUT2D eigenvalue weighted by molar-refractivity contribution is 5.95. The van der Waals surface area contributed by atoms with Gasteiger partial charge in [0.05, 0.1) is 44.6 Å². The molecule has 10 heteroatoms. The van der Waals surface area contributed by atoms with E-state index in [9.17, 15) is 4.79 Å². The zero-order valence-corrected chi connectivity index (χ0v) is 28.8. The van der Waals surface area contributed by atoms with Crippen LogP contribution in [0.4, 0.5) is 5.95 Å². The Morgan fingerprint density at radius 1 is 0.918 bits per heavy atom. The van der Waals surface area contributed by atoms with Gasteiger partial charge in [-0.3, -0.25) is 9.78 Å². The number of likely N-dealkylation sites (tertiary alicyclic amines) is 1. The number of aromatic nitrogens is 3. The molecule has 0 aliphatic carbocycles. The van der Waals surface area contributed by atoms with Gasteiger partial charge >= 0.3 is 0 Å². The summed E-state index contributed by atoms with van der Waals surface area (Å²) in [5.74, 6) is 2.37. The smallest absolute Gasteiger partial charge is 0.253 e. The minimum Gasteiger partial charge on any atom is -0.493 e. The summed E-state index contributed by atoms with van der Waals surface area (Å²) in [6.45, 7) is 4.21. The number of para-hydroxylation sites is 2. The molecule has 49 heavy (non-hydrogen) atoms. The standard InChI is InChI=1S/C39H46N6O4/c1-43(38(46)30-24-35(47-2)37(49-4)36(25-30)48-3)26-29(28-12-6-5-7-13-28)17-21-44-22-18-31(19-23-44)41-39-42-33-15-8-9-16-34(33)45(39)27-32-14-10-11-20-40-32/h5-16,20,24-25,29,31H,17-19,21-23,26-27H2,1-4H3,(H,41,42). The summed E-state index contributed by atoms with van der Waals surface area (Å²) >= 11 is 0. The summed E-state index contributed by atoms with van der Waals surface area (Å²) in [5.41, 5.74) is 4.82. The van der Waals surface area contributed by atoms with E-state index in [1.807, 2.05) is 37.5 Å². The van der Waals surface area contributed by atoms with E-state index >= 15 is 0 Å². The molecule has 1 fully saturated rings. The molecule has 0 saturated carbocycles. The molecule has 1 aliphatic heterocycles. The molecule has 1 aliphatic rings. The van der Waals surface area contributed by atoms with E-state index in [4.69, 9.17) is 19.2 Å². The van der Waals surface area contributed by atoms with Crippen molar-refractivity contribution in [3.05, 3.63) is 108 Å². The second-order valence-electron chi connectivity index (χ2n) is 12.6. The van der Waals surface area contributed by atoms with Crippen LogP contribution in [0.3, 0.4) is 0 Å². The predicted octanol–water partition coefficient (Wildman–Crippen LogP) is 6.33. The Labute approximate surface area is 288 Å². The first-order valence-electron chi connectivity index (χ1n) is 16.9. The van der Waals surface area contributed by atoms with Crippen LogP contribution in [0, 0.1) is 0 Å². The van der Waals surface area contributed by atoms with E-state index in [1.54, 1.807) is 38.4 Å². The molecule has 1 amide bonds. The number of amides is 1. The lowest BCUT2D eigenvalue weighted by Gasteiger charge is -2.34. The second kappa shape index (κ2) is 15.9. The highest BCUT2D eigenvalue weighted by atomic mass is 16.5. The average molecular weight is 663 g/mol. The van der Waals surface area contributed by atoms with Crippen LogP contribution in [0.25, 0.3) is 11.0 Å². The molecule has 3 aromatic carbocycles. The van der Waals surface area contributed by atoms with Gasteiger partial charge in [0.25, 0.3) is 5.91 Å². The first kappa shape index (κ1) is 33.8. The van der Waals surface area contributed by atoms with E-state index in [-0.39, 0.29) is 11.8 Å². The summed E-state index contributed by atoms with van der Waals surface area (Å²) in [4.78, 5) is 27.5.